The van der Waals surface area contributed by atoms with Crippen molar-refractivity contribution in [2.45, 2.75) is 6.92 Å². The zero-order chi connectivity index (χ0) is 27.3. The van der Waals surface area contributed by atoms with Crippen LogP contribution in [0.2, 0.25) is 0 Å². The number of fused-ring (bicyclic) bond motifs is 4. The zero-order valence-electron chi connectivity index (χ0n) is 23.0. The molecule has 0 amide bonds. The summed E-state index contributed by atoms with van der Waals surface area (Å²) in [5.74, 6) is 0.413. The van der Waals surface area contributed by atoms with Gasteiger partial charge in [0.2, 0.25) is 0 Å². The third kappa shape index (κ3) is 3.89. The fourth-order valence-electron chi connectivity index (χ4n) is 6.72. The van der Waals surface area contributed by atoms with Gasteiger partial charge in [0.15, 0.2) is 0 Å². The van der Waals surface area contributed by atoms with Crippen LogP contribution in [0.1, 0.15) is 12.5 Å². The summed E-state index contributed by atoms with van der Waals surface area (Å²) in [6.07, 6.45) is 4.46. The minimum Gasteiger partial charge on any atom is -0.292 e. The van der Waals surface area contributed by atoms with E-state index in [1.165, 1.54) is 76.5 Å². The Morgan fingerprint density at radius 3 is 1.59 bits per heavy atom. The largest absolute Gasteiger partial charge is 0.292 e. The van der Waals surface area contributed by atoms with Gasteiger partial charge in [-0.2, -0.15) is 0 Å². The number of rotatable bonds is 3. The van der Waals surface area contributed by atoms with E-state index in [1.54, 1.807) is 0 Å². The molecule has 7 aromatic carbocycles. The smallest absolute Gasteiger partial charge is 0.0449 e. The van der Waals surface area contributed by atoms with Gasteiger partial charge in [0.1, 0.15) is 0 Å². The van der Waals surface area contributed by atoms with Crippen LogP contribution in [-0.4, -0.2) is 12.8 Å². The molecule has 0 aromatic heterocycles. The predicted molar refractivity (Wildman–Crippen MR) is 178 cm³/mol. The standard InChI is InChI=1S/C40H29N/c1-26-21-30(25-41-24-26)37-22-28-12-2-3-13-29(28)23-38(37)40-35-18-8-6-16-33(35)39(34-17-7-9-19-36(34)40)32-20-10-14-27-11-4-5-15-31(27)32/h2-23,25-26H,24H2,1H3. The molecule has 0 spiro atoms. The number of hydrogen-bond donors (Lipinski definition) is 0. The predicted octanol–water partition coefficient (Wildman–Crippen LogP) is 10.7. The van der Waals surface area contributed by atoms with Crippen LogP contribution in [0, 0.1) is 5.92 Å². The first-order valence-corrected chi connectivity index (χ1v) is 14.4. The summed E-state index contributed by atoms with van der Waals surface area (Å²) in [6.45, 7) is 3.10. The molecule has 0 N–H and O–H groups in total. The van der Waals surface area contributed by atoms with Gasteiger partial charge in [0, 0.05) is 12.8 Å². The molecule has 0 bridgehead atoms. The first kappa shape index (κ1) is 23.8. The molecule has 0 aliphatic carbocycles. The third-order valence-electron chi connectivity index (χ3n) is 8.54. The van der Waals surface area contributed by atoms with Crippen molar-refractivity contribution in [3.63, 3.8) is 0 Å². The highest BCUT2D eigenvalue weighted by Crippen LogP contribution is 2.47. The van der Waals surface area contributed by atoms with Crippen molar-refractivity contribution < 1.29 is 0 Å². The van der Waals surface area contributed by atoms with E-state index in [1.807, 2.05) is 0 Å². The molecule has 0 fully saturated rings. The van der Waals surface area contributed by atoms with E-state index >= 15 is 0 Å². The Kier molecular flexibility index (Phi) is 5.57. The quantitative estimate of drug-likeness (QED) is 0.204. The van der Waals surface area contributed by atoms with Crippen LogP contribution < -0.4 is 0 Å². The Morgan fingerprint density at radius 1 is 0.488 bits per heavy atom. The third-order valence-corrected chi connectivity index (χ3v) is 8.54. The van der Waals surface area contributed by atoms with Crippen LogP contribution in [0.25, 0.3) is 70.9 Å². The van der Waals surface area contributed by atoms with E-state index in [2.05, 4.69) is 147 Å². The van der Waals surface area contributed by atoms with Crippen LogP contribution in [-0.2, 0) is 0 Å². The van der Waals surface area contributed by atoms with Crippen molar-refractivity contribution in [2.24, 2.45) is 10.9 Å². The van der Waals surface area contributed by atoms with Gasteiger partial charge in [-0.3, -0.25) is 4.99 Å². The van der Waals surface area contributed by atoms with Gasteiger partial charge in [-0.05, 0) is 94.5 Å². The van der Waals surface area contributed by atoms with Crippen LogP contribution in [0.4, 0.5) is 0 Å². The average molecular weight is 524 g/mol. The number of allylic oxidation sites excluding steroid dienone is 1. The normalized spacial score (nSPS) is 15.1. The molecule has 1 atom stereocenters. The molecule has 1 aliphatic rings. The van der Waals surface area contributed by atoms with E-state index in [4.69, 9.17) is 4.99 Å². The highest BCUT2D eigenvalue weighted by Gasteiger charge is 2.21. The number of nitrogens with zero attached hydrogens (tertiary/aromatic N) is 1. The Labute approximate surface area is 240 Å². The van der Waals surface area contributed by atoms with Gasteiger partial charge in [-0.25, -0.2) is 0 Å². The molecule has 0 saturated carbocycles. The molecule has 1 unspecified atom stereocenters. The lowest BCUT2D eigenvalue weighted by Crippen LogP contribution is -2.05. The number of hydrogen-bond acceptors (Lipinski definition) is 1. The first-order valence-electron chi connectivity index (χ1n) is 14.4. The average Bonchev–Trinajstić information content (AvgIpc) is 3.03. The second-order valence-electron chi connectivity index (χ2n) is 11.2. The Bertz CT molecular complexity index is 2140. The highest BCUT2D eigenvalue weighted by atomic mass is 14.7. The minimum absolute atomic E-state index is 0.413. The monoisotopic (exact) mass is 523 g/mol. The number of dihydropyridines is 1. The molecule has 1 heteroatoms. The lowest BCUT2D eigenvalue weighted by Gasteiger charge is -2.22. The molecule has 0 saturated heterocycles. The molecular formula is C40H29N. The maximum absolute atomic E-state index is 4.74. The fraction of sp³-hybridized carbons (Fsp3) is 0.0750. The van der Waals surface area contributed by atoms with Crippen molar-refractivity contribution in [2.75, 3.05) is 6.54 Å². The molecule has 1 aliphatic heterocycles. The molecule has 8 rings (SSSR count). The lowest BCUT2D eigenvalue weighted by molar-refractivity contribution is 0.740. The van der Waals surface area contributed by atoms with Crippen LogP contribution in [0.5, 0.6) is 0 Å². The van der Waals surface area contributed by atoms with E-state index in [-0.39, 0.29) is 0 Å². The second-order valence-corrected chi connectivity index (χ2v) is 11.2. The van der Waals surface area contributed by atoms with Crippen molar-refractivity contribution in [1.29, 1.82) is 0 Å². The molecule has 41 heavy (non-hydrogen) atoms. The summed E-state index contributed by atoms with van der Waals surface area (Å²) < 4.78 is 0. The summed E-state index contributed by atoms with van der Waals surface area (Å²) in [4.78, 5) is 4.74. The van der Waals surface area contributed by atoms with E-state index in [9.17, 15) is 0 Å². The number of benzene rings is 7. The second kappa shape index (κ2) is 9.57. The number of aliphatic imine (C=N–C) groups is 1. The van der Waals surface area contributed by atoms with Gasteiger partial charge in [0.05, 0.1) is 0 Å². The summed E-state index contributed by atoms with van der Waals surface area (Å²) in [5, 5.41) is 10.1. The van der Waals surface area contributed by atoms with Gasteiger partial charge >= 0.3 is 0 Å². The summed E-state index contributed by atoms with van der Waals surface area (Å²) in [5.41, 5.74) is 7.56. The Hall–Kier alpha value is -5.01. The van der Waals surface area contributed by atoms with Crippen LogP contribution in [0.15, 0.2) is 138 Å². The van der Waals surface area contributed by atoms with E-state index in [0.29, 0.717) is 5.92 Å². The van der Waals surface area contributed by atoms with E-state index < -0.39 is 0 Å². The summed E-state index contributed by atoms with van der Waals surface area (Å²) in [7, 11) is 0. The molecule has 1 heterocycles. The summed E-state index contributed by atoms with van der Waals surface area (Å²) >= 11 is 0. The van der Waals surface area contributed by atoms with Crippen LogP contribution >= 0.6 is 0 Å². The Morgan fingerprint density at radius 2 is 0.976 bits per heavy atom. The SMILES string of the molecule is CC1C=C(c2cc3ccccc3cc2-c2c3ccccc3c(-c3cccc4ccccc34)c3ccccc23)C=NC1. The van der Waals surface area contributed by atoms with Gasteiger partial charge in [-0.1, -0.05) is 128 Å². The van der Waals surface area contributed by atoms with Gasteiger partial charge in [-0.15, -0.1) is 0 Å². The molecule has 1 nitrogen and oxygen atoms in total. The molecular weight excluding hydrogens is 494 g/mol. The fourth-order valence-corrected chi connectivity index (χ4v) is 6.72. The van der Waals surface area contributed by atoms with Gasteiger partial charge in [0.25, 0.3) is 0 Å². The first-order chi connectivity index (χ1) is 20.3. The van der Waals surface area contributed by atoms with Crippen molar-refractivity contribution >= 4 is 54.9 Å². The maximum atomic E-state index is 4.74. The van der Waals surface area contributed by atoms with Crippen LogP contribution in [0.3, 0.4) is 0 Å². The summed E-state index contributed by atoms with van der Waals surface area (Å²) in [6, 6.07) is 46.8. The lowest BCUT2D eigenvalue weighted by atomic mass is 9.82. The van der Waals surface area contributed by atoms with Crippen molar-refractivity contribution in [3.8, 4) is 22.3 Å². The highest BCUT2D eigenvalue weighted by molar-refractivity contribution is 6.25. The molecule has 7 aromatic rings. The molecule has 194 valence electrons. The van der Waals surface area contributed by atoms with Crippen molar-refractivity contribution in [3.05, 3.63) is 139 Å². The minimum atomic E-state index is 0.413. The topological polar surface area (TPSA) is 12.4 Å². The maximum Gasteiger partial charge on any atom is 0.0449 e. The Balaban J connectivity index is 1.54. The van der Waals surface area contributed by atoms with E-state index in [0.717, 1.165) is 6.54 Å². The molecule has 0 radical (unpaired) electrons. The van der Waals surface area contributed by atoms with Crippen molar-refractivity contribution in [1.82, 2.24) is 0 Å². The zero-order valence-corrected chi connectivity index (χ0v) is 23.0. The van der Waals surface area contributed by atoms with Gasteiger partial charge < -0.3 is 0 Å².